The van der Waals surface area contributed by atoms with Crippen LogP contribution in [0.4, 0.5) is 5.69 Å². The number of nitrogens with one attached hydrogen (secondary N) is 3. The predicted octanol–water partition coefficient (Wildman–Crippen LogP) is 5.97. The second kappa shape index (κ2) is 8.67. The molecule has 0 unspecified atom stereocenters. The molecule has 1 fully saturated rings. The van der Waals surface area contributed by atoms with Gasteiger partial charge in [0.2, 0.25) is 5.91 Å². The van der Waals surface area contributed by atoms with Gasteiger partial charge in [-0.3, -0.25) is 24.8 Å². The topological polar surface area (TPSA) is 112 Å². The third-order valence-corrected chi connectivity index (χ3v) is 7.14. The Balaban J connectivity index is 1.26. The Bertz CT molecular complexity index is 1770. The highest BCUT2D eigenvalue weighted by Gasteiger charge is 2.25. The van der Waals surface area contributed by atoms with Gasteiger partial charge in [-0.2, -0.15) is 5.10 Å². The van der Waals surface area contributed by atoms with Crippen LogP contribution in [0.15, 0.2) is 79.5 Å². The van der Waals surface area contributed by atoms with E-state index < -0.39 is 0 Å². The van der Waals surface area contributed by atoms with Gasteiger partial charge in [0.05, 0.1) is 35.0 Å². The fraction of sp³-hybridized carbons (Fsp3) is 0.138. The SMILES string of the molecule is O=C(Nc1cncc(-c2cc3c(-c4cc5c(-c6ccncc6)cccc5[nH]4)n[nH]c3cn2)c1)C1CCC1. The number of amides is 1. The average Bonchev–Trinajstić information content (AvgIpc) is 3.52. The molecule has 6 aromatic rings. The minimum atomic E-state index is 0.0654. The lowest BCUT2D eigenvalue weighted by Crippen LogP contribution is -2.28. The molecule has 8 nitrogen and oxygen atoms in total. The van der Waals surface area contributed by atoms with Crippen molar-refractivity contribution in [2.45, 2.75) is 19.3 Å². The molecule has 1 aliphatic rings. The summed E-state index contributed by atoms with van der Waals surface area (Å²) in [6.45, 7) is 0. The molecule has 1 saturated carbocycles. The van der Waals surface area contributed by atoms with Crippen molar-refractivity contribution in [2.24, 2.45) is 5.92 Å². The van der Waals surface area contributed by atoms with Gasteiger partial charge in [0.1, 0.15) is 5.69 Å². The van der Waals surface area contributed by atoms with Crippen LogP contribution in [-0.4, -0.2) is 36.0 Å². The lowest BCUT2D eigenvalue weighted by molar-refractivity contribution is -0.122. The van der Waals surface area contributed by atoms with Crippen molar-refractivity contribution in [1.82, 2.24) is 30.1 Å². The van der Waals surface area contributed by atoms with Gasteiger partial charge in [-0.1, -0.05) is 18.6 Å². The summed E-state index contributed by atoms with van der Waals surface area (Å²) in [6.07, 6.45) is 11.9. The molecule has 0 spiro atoms. The summed E-state index contributed by atoms with van der Waals surface area (Å²) in [7, 11) is 0. The minimum absolute atomic E-state index is 0.0654. The number of benzene rings is 1. The number of fused-ring (bicyclic) bond motifs is 2. The average molecular weight is 486 g/mol. The summed E-state index contributed by atoms with van der Waals surface area (Å²) in [6, 6.07) is 16.3. The van der Waals surface area contributed by atoms with Crippen LogP contribution in [0.1, 0.15) is 19.3 Å². The molecule has 3 N–H and O–H groups in total. The minimum Gasteiger partial charge on any atom is -0.353 e. The van der Waals surface area contributed by atoms with Gasteiger partial charge >= 0.3 is 0 Å². The molecule has 7 rings (SSSR count). The van der Waals surface area contributed by atoms with Crippen molar-refractivity contribution in [3.63, 3.8) is 0 Å². The van der Waals surface area contributed by atoms with Crippen LogP contribution in [0.3, 0.4) is 0 Å². The van der Waals surface area contributed by atoms with E-state index in [-0.39, 0.29) is 11.8 Å². The molecule has 1 amide bonds. The lowest BCUT2D eigenvalue weighted by Gasteiger charge is -2.24. The maximum absolute atomic E-state index is 12.4. The molecule has 0 aliphatic heterocycles. The first-order chi connectivity index (χ1) is 18.2. The molecule has 1 aliphatic carbocycles. The van der Waals surface area contributed by atoms with E-state index in [2.05, 4.69) is 53.6 Å². The molecule has 180 valence electrons. The van der Waals surface area contributed by atoms with Crippen molar-refractivity contribution in [1.29, 1.82) is 0 Å². The quantitative estimate of drug-likeness (QED) is 0.279. The summed E-state index contributed by atoms with van der Waals surface area (Å²) >= 11 is 0. The zero-order valence-electron chi connectivity index (χ0n) is 19.9. The maximum atomic E-state index is 12.4. The van der Waals surface area contributed by atoms with Crippen LogP contribution in [0, 0.1) is 5.92 Å². The van der Waals surface area contributed by atoms with E-state index in [9.17, 15) is 4.79 Å². The molecule has 8 heteroatoms. The van der Waals surface area contributed by atoms with E-state index in [1.807, 2.05) is 30.3 Å². The lowest BCUT2D eigenvalue weighted by atomic mass is 9.85. The number of pyridine rings is 3. The molecule has 1 aromatic carbocycles. The van der Waals surface area contributed by atoms with E-state index in [1.165, 1.54) is 0 Å². The van der Waals surface area contributed by atoms with Gasteiger partial charge in [-0.15, -0.1) is 0 Å². The first-order valence-corrected chi connectivity index (χ1v) is 12.4. The molecule has 0 saturated heterocycles. The summed E-state index contributed by atoms with van der Waals surface area (Å²) < 4.78 is 0. The Morgan fingerprint density at radius 3 is 2.62 bits per heavy atom. The fourth-order valence-corrected chi connectivity index (χ4v) is 4.91. The van der Waals surface area contributed by atoms with Gasteiger partial charge < -0.3 is 10.3 Å². The van der Waals surface area contributed by atoms with E-state index in [0.717, 1.165) is 74.8 Å². The zero-order valence-corrected chi connectivity index (χ0v) is 19.9. The molecule has 0 atom stereocenters. The van der Waals surface area contributed by atoms with Crippen molar-refractivity contribution < 1.29 is 4.79 Å². The molecular formula is C29H23N7O. The number of carbonyl (C=O) groups excluding carboxylic acids is 1. The van der Waals surface area contributed by atoms with Gasteiger partial charge in [-0.05, 0) is 60.4 Å². The van der Waals surface area contributed by atoms with Crippen molar-refractivity contribution in [3.05, 3.63) is 79.5 Å². The van der Waals surface area contributed by atoms with Gasteiger partial charge in [0, 0.05) is 46.4 Å². The number of anilines is 1. The molecule has 37 heavy (non-hydrogen) atoms. The highest BCUT2D eigenvalue weighted by molar-refractivity contribution is 6.01. The van der Waals surface area contributed by atoms with Crippen LogP contribution in [0.2, 0.25) is 0 Å². The highest BCUT2D eigenvalue weighted by atomic mass is 16.1. The van der Waals surface area contributed by atoms with Crippen LogP contribution in [0.25, 0.3) is 55.6 Å². The van der Waals surface area contributed by atoms with E-state index in [0.29, 0.717) is 5.69 Å². The second-order valence-corrected chi connectivity index (χ2v) is 9.45. The first-order valence-electron chi connectivity index (χ1n) is 12.4. The number of nitrogens with zero attached hydrogens (tertiary/aromatic N) is 4. The van der Waals surface area contributed by atoms with Gasteiger partial charge in [0.15, 0.2) is 0 Å². The van der Waals surface area contributed by atoms with E-state index >= 15 is 0 Å². The number of hydrogen-bond donors (Lipinski definition) is 3. The molecular weight excluding hydrogens is 462 g/mol. The predicted molar refractivity (Wildman–Crippen MR) is 144 cm³/mol. The summed E-state index contributed by atoms with van der Waals surface area (Å²) in [5.41, 5.74) is 8.13. The number of carbonyl (C=O) groups is 1. The monoisotopic (exact) mass is 485 g/mol. The highest BCUT2D eigenvalue weighted by Crippen LogP contribution is 2.35. The van der Waals surface area contributed by atoms with Crippen molar-refractivity contribution in [3.8, 4) is 33.8 Å². The second-order valence-electron chi connectivity index (χ2n) is 9.45. The fourth-order valence-electron chi connectivity index (χ4n) is 4.91. The normalized spacial score (nSPS) is 13.6. The zero-order chi connectivity index (χ0) is 24.8. The van der Waals surface area contributed by atoms with Crippen LogP contribution >= 0.6 is 0 Å². The number of hydrogen-bond acceptors (Lipinski definition) is 5. The van der Waals surface area contributed by atoms with Crippen molar-refractivity contribution in [2.75, 3.05) is 5.32 Å². The molecule has 0 bridgehead atoms. The largest absolute Gasteiger partial charge is 0.353 e. The summed E-state index contributed by atoms with van der Waals surface area (Å²) in [5, 5.41) is 12.8. The summed E-state index contributed by atoms with van der Waals surface area (Å²) in [4.78, 5) is 29.0. The van der Waals surface area contributed by atoms with Crippen LogP contribution in [0.5, 0.6) is 0 Å². The van der Waals surface area contributed by atoms with Crippen LogP contribution in [-0.2, 0) is 4.79 Å². The van der Waals surface area contributed by atoms with E-state index in [1.54, 1.807) is 31.0 Å². The standard InChI is InChI=1S/C29H23N7O/c37-29(18-3-1-4-18)33-20-11-19(14-31-15-20)25-13-23-27(16-32-25)35-36-28(23)26-12-22-21(5-2-6-24(22)34-26)17-7-9-30-10-8-17/h2,5-16,18,34H,1,3-4H2,(H,33,37)(H,35,36). The molecule has 0 radical (unpaired) electrons. The Morgan fingerprint density at radius 2 is 1.78 bits per heavy atom. The third-order valence-electron chi connectivity index (χ3n) is 7.14. The number of rotatable bonds is 5. The third kappa shape index (κ3) is 3.83. The molecule has 5 aromatic heterocycles. The number of aromatic nitrogens is 6. The first kappa shape index (κ1) is 21.4. The number of aromatic amines is 2. The van der Waals surface area contributed by atoms with E-state index in [4.69, 9.17) is 0 Å². The van der Waals surface area contributed by atoms with Gasteiger partial charge in [-0.25, -0.2) is 0 Å². The Kier molecular flexibility index (Phi) is 5.02. The van der Waals surface area contributed by atoms with Crippen LogP contribution < -0.4 is 5.32 Å². The summed E-state index contributed by atoms with van der Waals surface area (Å²) in [5.74, 6) is 0.178. The van der Waals surface area contributed by atoms with Crippen molar-refractivity contribution >= 4 is 33.4 Å². The smallest absolute Gasteiger partial charge is 0.227 e. The Morgan fingerprint density at radius 1 is 0.892 bits per heavy atom. The number of H-pyrrole nitrogens is 2. The Labute approximate surface area is 212 Å². The Hall–Kier alpha value is -4.85. The van der Waals surface area contributed by atoms with Gasteiger partial charge in [0.25, 0.3) is 0 Å². The maximum Gasteiger partial charge on any atom is 0.227 e. The molecule has 5 heterocycles.